The quantitative estimate of drug-likeness (QED) is 0.762. The van der Waals surface area contributed by atoms with E-state index in [-0.39, 0.29) is 31.2 Å². The molecule has 1 aromatic rings. The van der Waals surface area contributed by atoms with Crippen molar-refractivity contribution < 1.29 is 17.6 Å². The smallest absolute Gasteiger partial charge is 0.324 e. The number of benzene rings is 1. The zero-order valence-electron chi connectivity index (χ0n) is 8.88. The van der Waals surface area contributed by atoms with Gasteiger partial charge in [-0.05, 0) is 13.0 Å². The summed E-state index contributed by atoms with van der Waals surface area (Å²) in [6, 6.07) is 6.32. The number of hydrogen-bond donors (Lipinski definition) is 1. The minimum atomic E-state index is -4.00. The number of alkyl halides is 3. The minimum absolute atomic E-state index is 0. The molecule has 2 N–H and O–H groups in total. The van der Waals surface area contributed by atoms with Crippen LogP contribution in [-0.4, -0.2) is 6.18 Å². The van der Waals surface area contributed by atoms with E-state index < -0.39 is 6.18 Å². The van der Waals surface area contributed by atoms with Crippen LogP contribution in [0, 0.1) is 5.82 Å². The van der Waals surface area contributed by atoms with Crippen molar-refractivity contribution in [2.75, 3.05) is 0 Å². The molecule has 0 spiro atoms. The van der Waals surface area contributed by atoms with Crippen molar-refractivity contribution in [3.8, 4) is 0 Å². The Morgan fingerprint density at radius 3 is 1.81 bits per heavy atom. The molecule has 16 heavy (non-hydrogen) atoms. The van der Waals surface area contributed by atoms with Gasteiger partial charge in [-0.1, -0.05) is 18.2 Å². The van der Waals surface area contributed by atoms with E-state index in [1.807, 2.05) is 0 Å². The molecule has 0 heterocycles. The van der Waals surface area contributed by atoms with Gasteiger partial charge in [-0.2, -0.15) is 13.2 Å². The van der Waals surface area contributed by atoms with Crippen LogP contribution in [0.2, 0.25) is 0 Å². The van der Waals surface area contributed by atoms with Crippen molar-refractivity contribution >= 4 is 12.4 Å². The van der Waals surface area contributed by atoms with E-state index in [1.165, 1.54) is 6.07 Å². The molecular formula is C10H14ClF4N. The Kier molecular flexibility index (Phi) is 8.20. The molecule has 1 atom stereocenters. The zero-order chi connectivity index (χ0) is 12.1. The Morgan fingerprint density at radius 1 is 1.19 bits per heavy atom. The Hall–Kier alpha value is -0.810. The third kappa shape index (κ3) is 9.73. The summed E-state index contributed by atoms with van der Waals surface area (Å²) in [5, 5.41) is 0. The van der Waals surface area contributed by atoms with Crippen molar-refractivity contribution in [1.29, 1.82) is 0 Å². The van der Waals surface area contributed by atoms with Crippen molar-refractivity contribution in [2.24, 2.45) is 5.73 Å². The van der Waals surface area contributed by atoms with Crippen LogP contribution in [-0.2, 0) is 0 Å². The molecule has 1 nitrogen and oxygen atoms in total. The van der Waals surface area contributed by atoms with E-state index in [1.54, 1.807) is 25.1 Å². The largest absolute Gasteiger partial charge is 0.386 e. The summed E-state index contributed by atoms with van der Waals surface area (Å²) in [5.74, 6) is -0.225. The van der Waals surface area contributed by atoms with Gasteiger partial charge < -0.3 is 5.73 Å². The van der Waals surface area contributed by atoms with Crippen LogP contribution in [0.3, 0.4) is 0 Å². The average molecular weight is 260 g/mol. The molecule has 0 bridgehead atoms. The predicted molar refractivity (Wildman–Crippen MR) is 58.0 cm³/mol. The highest BCUT2D eigenvalue weighted by Crippen LogP contribution is 2.12. The molecular weight excluding hydrogens is 246 g/mol. The number of nitrogens with two attached hydrogens (primary N) is 1. The van der Waals surface area contributed by atoms with Gasteiger partial charge in [-0.3, -0.25) is 0 Å². The summed E-state index contributed by atoms with van der Waals surface area (Å²) in [5.41, 5.74) is 6.05. The molecule has 0 aromatic heterocycles. The second kappa shape index (κ2) is 7.46. The molecule has 6 heteroatoms. The molecule has 0 aliphatic rings. The first kappa shape index (κ1) is 17.6. The zero-order valence-corrected chi connectivity index (χ0v) is 9.70. The van der Waals surface area contributed by atoms with Gasteiger partial charge in [0, 0.05) is 18.5 Å². The standard InChI is InChI=1S/C8H10FN.C2H3F3.ClH/c1-6(10)7-4-2-3-5-8(7)9;1-2(3,4)5;/h2-6H,10H2,1H3;1H3;1H. The Morgan fingerprint density at radius 2 is 1.56 bits per heavy atom. The molecule has 0 radical (unpaired) electrons. The predicted octanol–water partition coefficient (Wildman–Crippen LogP) is 3.84. The molecule has 1 rings (SSSR count). The molecule has 0 fully saturated rings. The first-order valence-corrected chi connectivity index (χ1v) is 4.28. The molecule has 94 valence electrons. The van der Waals surface area contributed by atoms with Crippen LogP contribution in [0.4, 0.5) is 17.6 Å². The fraction of sp³-hybridized carbons (Fsp3) is 0.400. The second-order valence-corrected chi connectivity index (χ2v) is 3.09. The number of halogens is 5. The molecule has 0 amide bonds. The molecule has 0 saturated heterocycles. The third-order valence-corrected chi connectivity index (χ3v) is 1.40. The van der Waals surface area contributed by atoms with E-state index in [4.69, 9.17) is 5.73 Å². The van der Waals surface area contributed by atoms with E-state index in [9.17, 15) is 17.6 Å². The van der Waals surface area contributed by atoms with Crippen LogP contribution in [0.25, 0.3) is 0 Å². The van der Waals surface area contributed by atoms with Crippen LogP contribution in [0.15, 0.2) is 24.3 Å². The summed E-state index contributed by atoms with van der Waals surface area (Å²) < 4.78 is 43.8. The van der Waals surface area contributed by atoms with E-state index in [2.05, 4.69) is 0 Å². The van der Waals surface area contributed by atoms with Gasteiger partial charge in [0.05, 0.1) is 0 Å². The Balaban J connectivity index is 0. The summed E-state index contributed by atoms with van der Waals surface area (Å²) in [7, 11) is 0. The minimum Gasteiger partial charge on any atom is -0.324 e. The maximum Gasteiger partial charge on any atom is 0.386 e. The van der Waals surface area contributed by atoms with Gasteiger partial charge in [0.1, 0.15) is 5.82 Å². The van der Waals surface area contributed by atoms with Crippen LogP contribution >= 0.6 is 12.4 Å². The van der Waals surface area contributed by atoms with Gasteiger partial charge >= 0.3 is 6.18 Å². The Bertz CT molecular complexity index is 293. The van der Waals surface area contributed by atoms with Crippen molar-refractivity contribution in [2.45, 2.75) is 26.1 Å². The van der Waals surface area contributed by atoms with Crippen molar-refractivity contribution in [1.82, 2.24) is 0 Å². The van der Waals surface area contributed by atoms with Gasteiger partial charge in [0.2, 0.25) is 0 Å². The summed E-state index contributed by atoms with van der Waals surface area (Å²) in [4.78, 5) is 0. The number of rotatable bonds is 1. The molecule has 0 saturated carbocycles. The van der Waals surface area contributed by atoms with Crippen LogP contribution in [0.1, 0.15) is 25.5 Å². The lowest BCUT2D eigenvalue weighted by atomic mass is 10.1. The molecule has 1 unspecified atom stereocenters. The summed E-state index contributed by atoms with van der Waals surface area (Å²) >= 11 is 0. The summed E-state index contributed by atoms with van der Waals surface area (Å²) in [6.07, 6.45) is -4.00. The van der Waals surface area contributed by atoms with E-state index in [0.29, 0.717) is 5.56 Å². The molecule has 1 aromatic carbocycles. The molecule has 0 aliphatic heterocycles. The monoisotopic (exact) mass is 259 g/mol. The summed E-state index contributed by atoms with van der Waals surface area (Å²) in [6.45, 7) is 1.95. The number of hydrogen-bond acceptors (Lipinski definition) is 1. The van der Waals surface area contributed by atoms with Crippen LogP contribution in [0.5, 0.6) is 0 Å². The lowest BCUT2D eigenvalue weighted by Crippen LogP contribution is -2.06. The normalized spacial score (nSPS) is 11.9. The van der Waals surface area contributed by atoms with Crippen molar-refractivity contribution in [3.05, 3.63) is 35.6 Å². The maximum atomic E-state index is 12.8. The molecule has 0 aliphatic carbocycles. The Labute approximate surface area is 98.1 Å². The van der Waals surface area contributed by atoms with Gasteiger partial charge in [0.25, 0.3) is 0 Å². The highest BCUT2D eigenvalue weighted by Gasteiger charge is 2.15. The highest BCUT2D eigenvalue weighted by molar-refractivity contribution is 5.85. The van der Waals surface area contributed by atoms with Crippen LogP contribution < -0.4 is 5.73 Å². The van der Waals surface area contributed by atoms with Gasteiger partial charge in [-0.25, -0.2) is 4.39 Å². The fourth-order valence-electron chi connectivity index (χ4n) is 0.844. The van der Waals surface area contributed by atoms with E-state index >= 15 is 0 Å². The van der Waals surface area contributed by atoms with Gasteiger partial charge in [0.15, 0.2) is 0 Å². The van der Waals surface area contributed by atoms with E-state index in [0.717, 1.165) is 0 Å². The van der Waals surface area contributed by atoms with Crippen molar-refractivity contribution in [3.63, 3.8) is 0 Å². The third-order valence-electron chi connectivity index (χ3n) is 1.40. The fourth-order valence-corrected chi connectivity index (χ4v) is 0.844. The highest BCUT2D eigenvalue weighted by atomic mass is 35.5. The lowest BCUT2D eigenvalue weighted by Gasteiger charge is -2.04. The maximum absolute atomic E-state index is 12.8. The lowest BCUT2D eigenvalue weighted by molar-refractivity contribution is -0.110. The van der Waals surface area contributed by atoms with Gasteiger partial charge in [-0.15, -0.1) is 12.4 Å². The topological polar surface area (TPSA) is 26.0 Å². The average Bonchev–Trinajstić information content (AvgIpc) is 2.01. The first-order valence-electron chi connectivity index (χ1n) is 4.28. The first-order chi connectivity index (χ1) is 6.72. The SMILES string of the molecule is CC(F)(F)F.CC(N)c1ccccc1F.Cl. The second-order valence-electron chi connectivity index (χ2n) is 3.09.